The maximum absolute atomic E-state index is 14.7. The molecule has 3 aliphatic rings. The van der Waals surface area contributed by atoms with Crippen LogP contribution >= 0.6 is 0 Å². The van der Waals surface area contributed by atoms with Gasteiger partial charge in [0.2, 0.25) is 0 Å². The number of rotatable bonds is 18. The lowest BCUT2D eigenvalue weighted by Gasteiger charge is -2.48. The normalized spacial score (nSPS) is 19.5. The maximum Gasteiger partial charge on any atom is 0.268 e. The zero-order valence-corrected chi connectivity index (χ0v) is 45.0. The van der Waals surface area contributed by atoms with E-state index in [0.717, 1.165) is 87.9 Å². The number of pyridine rings is 2. The molecule has 3 fully saturated rings. The Labute approximate surface area is 436 Å². The molecular formula is C57H73FN8O7S. The van der Waals surface area contributed by atoms with E-state index in [1.165, 1.54) is 49.0 Å². The van der Waals surface area contributed by atoms with Gasteiger partial charge in [-0.3, -0.25) is 14.6 Å². The zero-order valence-electron chi connectivity index (χ0n) is 44.2. The predicted molar refractivity (Wildman–Crippen MR) is 289 cm³/mol. The Morgan fingerprint density at radius 3 is 2.34 bits per heavy atom. The number of amides is 1. The van der Waals surface area contributed by atoms with Gasteiger partial charge in [0.25, 0.3) is 21.8 Å². The van der Waals surface area contributed by atoms with Crippen molar-refractivity contribution < 1.29 is 36.9 Å². The fourth-order valence-electron chi connectivity index (χ4n) is 10.9. The molecule has 2 aromatic heterocycles. The number of carbonyl (C=O) groups is 1. The van der Waals surface area contributed by atoms with Crippen molar-refractivity contribution in [2.45, 2.75) is 103 Å². The molecule has 396 valence electrons. The summed E-state index contributed by atoms with van der Waals surface area (Å²) in [5.41, 5.74) is 6.17. The Kier molecular flexibility index (Phi) is 17.3. The topological polar surface area (TPSA) is 166 Å². The molecule has 1 aliphatic carbocycles. The summed E-state index contributed by atoms with van der Waals surface area (Å²) in [5.74, 6) is 0.930. The number of quaternary nitrogens is 1. The highest BCUT2D eigenvalue weighted by Gasteiger charge is 2.37. The van der Waals surface area contributed by atoms with Crippen LogP contribution in [-0.4, -0.2) is 101 Å². The minimum Gasteiger partial charge on any atom is -0.629 e. The lowest BCUT2D eigenvalue weighted by atomic mass is 9.83. The van der Waals surface area contributed by atoms with Crippen LogP contribution in [0.4, 0.5) is 21.6 Å². The molecule has 1 amide bonds. The molecule has 0 radical (unpaired) electrons. The number of piperidine rings is 1. The van der Waals surface area contributed by atoms with Crippen LogP contribution in [0.1, 0.15) is 115 Å². The standard InChI is InChI=1S/C57H73FN8O7S/c1-36(2)46-12-10-11-13-47(46)51-35-64(34-42-19-16-38(4)52(28-42)71-8)26-27-66(51)43-22-24-65(25-23-43)44-20-21-48(53(29-44)73-54-31-49(39(5)58)40(6)61-57(54)72-9)56(67)62-74(69,70)45-30-50(63(7)68)55(60-33-45)59-32-41-17-14-37(3)15-18-41/h10-13,16,19-21,28-31,33,36-37,41,43,51,63H,5,14-15,17-18,22-27,32,34-35H2,1-4,6-9H3,(H,59,60)(H,62,67)/t37-,41+,51-/m0/s1. The molecule has 2 atom stereocenters. The number of hydrogen-bond donors (Lipinski definition) is 3. The number of aryl methyl sites for hydroxylation is 2. The third-order valence-corrected chi connectivity index (χ3v) is 16.5. The first-order chi connectivity index (χ1) is 35.4. The van der Waals surface area contributed by atoms with Crippen molar-refractivity contribution in [2.24, 2.45) is 11.8 Å². The number of anilines is 2. The molecule has 5 aromatic rings. The number of nitrogens with one attached hydrogen (secondary N) is 3. The van der Waals surface area contributed by atoms with Crippen molar-refractivity contribution in [3.05, 3.63) is 130 Å². The number of carbonyl (C=O) groups excluding carboxylic acids is 1. The average Bonchev–Trinajstić information content (AvgIpc) is 3.39. The van der Waals surface area contributed by atoms with Gasteiger partial charge >= 0.3 is 0 Å². The van der Waals surface area contributed by atoms with Gasteiger partial charge in [-0.1, -0.05) is 76.6 Å². The Hall–Kier alpha value is -6.11. The molecule has 74 heavy (non-hydrogen) atoms. The maximum atomic E-state index is 14.7. The van der Waals surface area contributed by atoms with Crippen LogP contribution in [0, 0.1) is 30.9 Å². The van der Waals surface area contributed by atoms with Gasteiger partial charge < -0.3 is 34.7 Å². The van der Waals surface area contributed by atoms with Gasteiger partial charge in [0.1, 0.15) is 22.2 Å². The van der Waals surface area contributed by atoms with E-state index in [4.69, 9.17) is 14.2 Å². The highest BCUT2D eigenvalue weighted by atomic mass is 32.2. The summed E-state index contributed by atoms with van der Waals surface area (Å²) in [5, 5.41) is 15.8. The van der Waals surface area contributed by atoms with Gasteiger partial charge in [0, 0.05) is 81.3 Å². The van der Waals surface area contributed by atoms with Crippen LogP contribution in [0.25, 0.3) is 5.83 Å². The van der Waals surface area contributed by atoms with Gasteiger partial charge in [-0.2, -0.15) is 0 Å². The zero-order chi connectivity index (χ0) is 52.8. The summed E-state index contributed by atoms with van der Waals surface area (Å²) in [6.45, 7) is 19.4. The van der Waals surface area contributed by atoms with E-state index in [9.17, 15) is 22.8 Å². The van der Waals surface area contributed by atoms with Crippen molar-refractivity contribution in [3.63, 3.8) is 0 Å². The van der Waals surface area contributed by atoms with Crippen LogP contribution in [0.5, 0.6) is 23.1 Å². The van der Waals surface area contributed by atoms with Crippen molar-refractivity contribution in [2.75, 3.05) is 70.8 Å². The Morgan fingerprint density at radius 1 is 0.905 bits per heavy atom. The number of ether oxygens (including phenoxy) is 3. The van der Waals surface area contributed by atoms with E-state index in [0.29, 0.717) is 54.9 Å². The minimum atomic E-state index is -4.57. The van der Waals surface area contributed by atoms with Crippen LogP contribution in [-0.2, 0) is 16.6 Å². The molecular weight excluding hydrogens is 960 g/mol. The van der Waals surface area contributed by atoms with E-state index in [1.807, 2.05) is 0 Å². The smallest absolute Gasteiger partial charge is 0.268 e. The summed E-state index contributed by atoms with van der Waals surface area (Å²) in [6, 6.07) is 23.4. The van der Waals surface area contributed by atoms with Gasteiger partial charge in [0.15, 0.2) is 17.3 Å². The molecule has 1 unspecified atom stereocenters. The SMILES string of the molecule is C=C(F)c1cc(Oc2cc(N3CCC(N4CCN(Cc5ccc(C)c(OC)c5)C[C@H]4c4ccccc4C(C)C)CC3)ccc2C(=O)NS(=O)(=O)c2cnc(NC[C@H]3CC[C@@H](C)CC3)c([NH+](C)[O-])c2)c(OC)nc1C. The van der Waals surface area contributed by atoms with Crippen molar-refractivity contribution in [3.8, 4) is 23.1 Å². The summed E-state index contributed by atoms with van der Waals surface area (Å²) >= 11 is 0. The average molecular weight is 1030 g/mol. The van der Waals surface area contributed by atoms with Gasteiger partial charge in [0.05, 0.1) is 38.7 Å². The van der Waals surface area contributed by atoms with E-state index in [2.05, 4.69) is 111 Å². The Balaban J connectivity index is 1.04. The first-order valence-corrected chi connectivity index (χ1v) is 27.4. The first-order valence-electron chi connectivity index (χ1n) is 25.9. The number of nitrogens with zero attached hydrogens (tertiary/aromatic N) is 5. The van der Waals surface area contributed by atoms with Crippen molar-refractivity contribution in [1.29, 1.82) is 0 Å². The van der Waals surface area contributed by atoms with Crippen molar-refractivity contribution >= 4 is 38.9 Å². The fourth-order valence-corrected chi connectivity index (χ4v) is 11.8. The summed E-state index contributed by atoms with van der Waals surface area (Å²) in [4.78, 5) is 30.2. The summed E-state index contributed by atoms with van der Waals surface area (Å²) in [6.07, 6.45) is 7.27. The molecule has 0 spiro atoms. The minimum absolute atomic E-state index is 0.00540. The van der Waals surface area contributed by atoms with Gasteiger partial charge in [-0.05, 0) is 104 Å². The number of aromatic nitrogens is 2. The van der Waals surface area contributed by atoms with Crippen LogP contribution in [0.2, 0.25) is 0 Å². The molecule has 3 aromatic carbocycles. The quantitative estimate of drug-likeness (QED) is 0.0712. The lowest BCUT2D eigenvalue weighted by molar-refractivity contribution is -0.751. The monoisotopic (exact) mass is 1030 g/mol. The molecule has 1 saturated carbocycles. The summed E-state index contributed by atoms with van der Waals surface area (Å²) in [7, 11) is -0.107. The van der Waals surface area contributed by atoms with E-state index in [-0.39, 0.29) is 50.2 Å². The largest absolute Gasteiger partial charge is 0.629 e. The number of sulfonamides is 1. The molecule has 4 heterocycles. The second kappa shape index (κ2) is 23.6. The predicted octanol–water partition coefficient (Wildman–Crippen LogP) is 9.50. The highest BCUT2D eigenvalue weighted by molar-refractivity contribution is 7.90. The number of piperazine rings is 1. The van der Waals surface area contributed by atoms with Gasteiger partial charge in [-0.15, -0.1) is 0 Å². The van der Waals surface area contributed by atoms with E-state index >= 15 is 0 Å². The second-order valence-electron chi connectivity index (χ2n) is 20.7. The fraction of sp³-hybridized carbons (Fsp3) is 0.456. The summed E-state index contributed by atoms with van der Waals surface area (Å²) < 4.78 is 62.5. The van der Waals surface area contributed by atoms with E-state index < -0.39 is 21.8 Å². The molecule has 15 nitrogen and oxygen atoms in total. The third-order valence-electron chi connectivity index (χ3n) is 15.2. The van der Waals surface area contributed by atoms with Crippen LogP contribution in [0.3, 0.4) is 0 Å². The number of benzene rings is 3. The number of hydrogen-bond acceptors (Lipinski definition) is 13. The lowest BCUT2D eigenvalue weighted by Crippen LogP contribution is -2.98. The number of hydroxylamine groups is 1. The Morgan fingerprint density at radius 2 is 1.65 bits per heavy atom. The number of halogens is 1. The van der Waals surface area contributed by atoms with Crippen LogP contribution < -0.4 is 34.2 Å². The van der Waals surface area contributed by atoms with Crippen LogP contribution in [0.15, 0.2) is 90.5 Å². The third kappa shape index (κ3) is 12.5. The van der Waals surface area contributed by atoms with Gasteiger partial charge in [-0.25, -0.2) is 27.5 Å². The Bertz CT molecular complexity index is 2920. The molecule has 17 heteroatoms. The first kappa shape index (κ1) is 54.2. The molecule has 3 N–H and O–H groups in total. The highest BCUT2D eigenvalue weighted by Crippen LogP contribution is 2.40. The molecule has 2 aliphatic heterocycles. The molecule has 8 rings (SSSR count). The van der Waals surface area contributed by atoms with Crippen molar-refractivity contribution in [1.82, 2.24) is 24.5 Å². The number of methoxy groups -OCH3 is 2. The van der Waals surface area contributed by atoms with E-state index in [1.54, 1.807) is 26.2 Å². The molecule has 2 saturated heterocycles. The molecule has 0 bridgehead atoms. The second-order valence-corrected chi connectivity index (χ2v) is 22.4.